The van der Waals surface area contributed by atoms with Crippen molar-refractivity contribution in [2.75, 3.05) is 21.3 Å². The van der Waals surface area contributed by atoms with E-state index >= 15 is 0 Å². The van der Waals surface area contributed by atoms with Crippen molar-refractivity contribution >= 4 is 0 Å². The van der Waals surface area contributed by atoms with Crippen LogP contribution in [0, 0.1) is 23.7 Å². The fourth-order valence-electron chi connectivity index (χ4n) is 2.52. The first-order valence-corrected chi connectivity index (χ1v) is 8.59. The monoisotopic (exact) mass is 369 g/mol. The van der Waals surface area contributed by atoms with Crippen LogP contribution in [0.2, 0.25) is 0 Å². The third-order valence-electron chi connectivity index (χ3n) is 3.86. The number of benzene rings is 2. The van der Waals surface area contributed by atoms with E-state index in [9.17, 15) is 0 Å². The van der Waals surface area contributed by atoms with Crippen LogP contribution < -0.4 is 14.2 Å². The summed E-state index contributed by atoms with van der Waals surface area (Å²) in [5.74, 6) is 14.0. The summed E-state index contributed by atoms with van der Waals surface area (Å²) < 4.78 is 16.0. The minimum atomic E-state index is 0.534. The van der Waals surface area contributed by atoms with Crippen LogP contribution in [0.25, 0.3) is 0 Å². The van der Waals surface area contributed by atoms with E-state index in [1.54, 1.807) is 33.5 Å². The molecule has 0 saturated carbocycles. The number of hydrogen-bond donors (Lipinski definition) is 0. The van der Waals surface area contributed by atoms with Gasteiger partial charge in [-0.25, -0.2) is 4.98 Å². The number of nitrogens with zero attached hydrogens (tertiary/aromatic N) is 1. The fraction of sp³-hybridized carbons (Fsp3) is 0.125. The van der Waals surface area contributed by atoms with Crippen LogP contribution in [-0.4, -0.2) is 26.3 Å². The maximum absolute atomic E-state index is 5.36. The van der Waals surface area contributed by atoms with Crippen LogP contribution in [0.1, 0.15) is 22.5 Å². The molecule has 4 heteroatoms. The Labute approximate surface area is 165 Å². The van der Waals surface area contributed by atoms with E-state index in [2.05, 4.69) is 28.7 Å². The van der Waals surface area contributed by atoms with E-state index in [0.29, 0.717) is 28.6 Å². The van der Waals surface area contributed by atoms with Gasteiger partial charge in [0.1, 0.15) is 11.4 Å². The lowest BCUT2D eigenvalue weighted by molar-refractivity contribution is 0.324. The largest absolute Gasteiger partial charge is 0.493 e. The topological polar surface area (TPSA) is 40.6 Å². The second-order valence-corrected chi connectivity index (χ2v) is 5.69. The van der Waals surface area contributed by atoms with Crippen LogP contribution in [0.5, 0.6) is 17.2 Å². The van der Waals surface area contributed by atoms with Gasteiger partial charge >= 0.3 is 0 Å². The molecular weight excluding hydrogens is 350 g/mol. The summed E-state index contributed by atoms with van der Waals surface area (Å²) >= 11 is 0. The molecule has 1 heterocycles. The summed E-state index contributed by atoms with van der Waals surface area (Å²) in [5.41, 5.74) is 2.98. The second kappa shape index (κ2) is 9.16. The maximum atomic E-state index is 5.36. The summed E-state index contributed by atoms with van der Waals surface area (Å²) in [6.07, 6.45) is 0. The van der Waals surface area contributed by atoms with E-state index in [-0.39, 0.29) is 0 Å². The SMILES string of the molecule is COc1cc(C#Cc2cccc(C#Cc3ccccc3)n2)cc(OC)c1OC. The highest BCUT2D eigenvalue weighted by Crippen LogP contribution is 2.37. The minimum Gasteiger partial charge on any atom is -0.493 e. The van der Waals surface area contributed by atoms with Crippen molar-refractivity contribution in [3.8, 4) is 40.9 Å². The zero-order chi connectivity index (χ0) is 19.8. The highest BCUT2D eigenvalue weighted by Gasteiger charge is 2.12. The molecule has 2 aromatic carbocycles. The van der Waals surface area contributed by atoms with Crippen molar-refractivity contribution in [2.45, 2.75) is 0 Å². The molecule has 0 spiro atoms. The Morgan fingerprint density at radius 2 is 1.18 bits per heavy atom. The maximum Gasteiger partial charge on any atom is 0.203 e. The van der Waals surface area contributed by atoms with Gasteiger partial charge in [-0.1, -0.05) is 36.1 Å². The average Bonchev–Trinajstić information content (AvgIpc) is 2.76. The molecule has 3 aromatic rings. The van der Waals surface area contributed by atoms with Crippen molar-refractivity contribution in [1.82, 2.24) is 4.98 Å². The lowest BCUT2D eigenvalue weighted by atomic mass is 10.1. The molecule has 0 aliphatic rings. The zero-order valence-electron chi connectivity index (χ0n) is 15.9. The van der Waals surface area contributed by atoms with Gasteiger partial charge in [0.15, 0.2) is 11.5 Å². The van der Waals surface area contributed by atoms with Gasteiger partial charge in [-0.05, 0) is 48.2 Å². The van der Waals surface area contributed by atoms with E-state index < -0.39 is 0 Å². The van der Waals surface area contributed by atoms with E-state index in [1.807, 2.05) is 48.5 Å². The molecule has 0 radical (unpaired) electrons. The van der Waals surface area contributed by atoms with E-state index in [4.69, 9.17) is 14.2 Å². The first kappa shape index (κ1) is 18.9. The van der Waals surface area contributed by atoms with Gasteiger partial charge in [-0.2, -0.15) is 0 Å². The standard InChI is InChI=1S/C24H19NO3/c1-26-22-16-19(17-23(27-2)24(22)28-3)13-15-21-11-7-10-20(25-21)14-12-18-8-5-4-6-9-18/h4-11,16-17H,1-3H3. The van der Waals surface area contributed by atoms with Crippen molar-refractivity contribution in [2.24, 2.45) is 0 Å². The third-order valence-corrected chi connectivity index (χ3v) is 3.86. The molecular formula is C24H19NO3. The summed E-state index contributed by atoms with van der Waals surface area (Å²) in [6.45, 7) is 0. The number of rotatable bonds is 3. The van der Waals surface area contributed by atoms with Gasteiger partial charge in [-0.3, -0.25) is 0 Å². The predicted molar refractivity (Wildman–Crippen MR) is 109 cm³/mol. The molecule has 0 atom stereocenters. The Morgan fingerprint density at radius 1 is 0.607 bits per heavy atom. The van der Waals surface area contributed by atoms with Gasteiger partial charge < -0.3 is 14.2 Å². The van der Waals surface area contributed by atoms with Gasteiger partial charge in [-0.15, -0.1) is 0 Å². The Kier molecular flexibility index (Phi) is 6.18. The number of methoxy groups -OCH3 is 3. The lowest BCUT2D eigenvalue weighted by Crippen LogP contribution is -1.95. The zero-order valence-corrected chi connectivity index (χ0v) is 15.9. The highest BCUT2D eigenvalue weighted by molar-refractivity contribution is 5.58. The Bertz CT molecular complexity index is 1060. The number of hydrogen-bond acceptors (Lipinski definition) is 4. The summed E-state index contributed by atoms with van der Waals surface area (Å²) in [5, 5.41) is 0. The van der Waals surface area contributed by atoms with Crippen LogP contribution in [0.4, 0.5) is 0 Å². The first-order chi connectivity index (χ1) is 13.7. The van der Waals surface area contributed by atoms with Crippen molar-refractivity contribution in [3.63, 3.8) is 0 Å². The number of ether oxygens (including phenoxy) is 3. The van der Waals surface area contributed by atoms with Gasteiger partial charge in [0.2, 0.25) is 5.75 Å². The minimum absolute atomic E-state index is 0.534. The smallest absolute Gasteiger partial charge is 0.203 e. The van der Waals surface area contributed by atoms with E-state index in [1.165, 1.54) is 0 Å². The molecule has 0 bridgehead atoms. The molecule has 0 saturated heterocycles. The molecule has 1 aromatic heterocycles. The van der Waals surface area contributed by atoms with Crippen LogP contribution in [0.3, 0.4) is 0 Å². The van der Waals surface area contributed by atoms with Crippen LogP contribution >= 0.6 is 0 Å². The average molecular weight is 369 g/mol. The molecule has 138 valence electrons. The highest BCUT2D eigenvalue weighted by atomic mass is 16.5. The Balaban J connectivity index is 1.88. The summed E-state index contributed by atoms with van der Waals surface area (Å²) in [4.78, 5) is 4.49. The van der Waals surface area contributed by atoms with Crippen LogP contribution in [0.15, 0.2) is 60.7 Å². The summed E-state index contributed by atoms with van der Waals surface area (Å²) in [6, 6.07) is 19.0. The predicted octanol–water partition coefficient (Wildman–Crippen LogP) is 3.91. The number of pyridine rings is 1. The Morgan fingerprint density at radius 3 is 1.71 bits per heavy atom. The lowest BCUT2D eigenvalue weighted by Gasteiger charge is -2.12. The quantitative estimate of drug-likeness (QED) is 0.657. The van der Waals surface area contributed by atoms with Crippen LogP contribution in [-0.2, 0) is 0 Å². The van der Waals surface area contributed by atoms with Gasteiger partial charge in [0, 0.05) is 11.1 Å². The molecule has 0 aliphatic carbocycles. The summed E-state index contributed by atoms with van der Waals surface area (Å²) in [7, 11) is 4.72. The molecule has 4 nitrogen and oxygen atoms in total. The second-order valence-electron chi connectivity index (χ2n) is 5.69. The van der Waals surface area contributed by atoms with E-state index in [0.717, 1.165) is 11.1 Å². The molecule has 0 fully saturated rings. The van der Waals surface area contributed by atoms with Crippen molar-refractivity contribution in [3.05, 3.63) is 83.2 Å². The molecule has 0 N–H and O–H groups in total. The first-order valence-electron chi connectivity index (χ1n) is 8.59. The molecule has 0 aliphatic heterocycles. The van der Waals surface area contributed by atoms with Crippen molar-refractivity contribution in [1.29, 1.82) is 0 Å². The van der Waals surface area contributed by atoms with Gasteiger partial charge in [0.05, 0.1) is 21.3 Å². The molecule has 0 unspecified atom stereocenters. The molecule has 0 amide bonds. The Hall–Kier alpha value is -3.89. The van der Waals surface area contributed by atoms with Crippen molar-refractivity contribution < 1.29 is 14.2 Å². The van der Waals surface area contributed by atoms with Gasteiger partial charge in [0.25, 0.3) is 0 Å². The third kappa shape index (κ3) is 4.63. The molecule has 28 heavy (non-hydrogen) atoms. The normalized spacial score (nSPS) is 9.39. The fourth-order valence-corrected chi connectivity index (χ4v) is 2.52. The molecule has 3 rings (SSSR count). The number of aromatic nitrogens is 1.